The van der Waals surface area contributed by atoms with Gasteiger partial charge in [-0.15, -0.1) is 0 Å². The topological polar surface area (TPSA) is 12.9 Å². The third-order valence-corrected chi connectivity index (χ3v) is 11.4. The van der Waals surface area contributed by atoms with Crippen LogP contribution in [0.5, 0.6) is 0 Å². The van der Waals surface area contributed by atoms with E-state index in [9.17, 15) is 0 Å². The van der Waals surface area contributed by atoms with E-state index in [4.69, 9.17) is 4.98 Å². The summed E-state index contributed by atoms with van der Waals surface area (Å²) in [4.78, 5) is 5.01. The molecule has 3 aromatic carbocycles. The molecule has 1 heterocycles. The smallest absolute Gasteiger partial charge is 0.0668 e. The Morgan fingerprint density at radius 2 is 1.25 bits per heavy atom. The summed E-state index contributed by atoms with van der Waals surface area (Å²) >= 11 is 0. The van der Waals surface area contributed by atoms with E-state index in [1.54, 1.807) is 11.1 Å². The minimum Gasteiger partial charge on any atom is -0.256 e. The van der Waals surface area contributed by atoms with Gasteiger partial charge >= 0.3 is 0 Å². The van der Waals surface area contributed by atoms with Crippen LogP contribution in [-0.4, -0.2) is 4.98 Å². The second-order valence-corrected chi connectivity index (χ2v) is 13.8. The average Bonchev–Trinajstić information content (AvgIpc) is 3.16. The van der Waals surface area contributed by atoms with Crippen molar-refractivity contribution in [1.82, 2.24) is 4.98 Å². The van der Waals surface area contributed by atoms with Gasteiger partial charge < -0.3 is 0 Å². The summed E-state index contributed by atoms with van der Waals surface area (Å²) in [6, 6.07) is 31.7. The fourth-order valence-electron chi connectivity index (χ4n) is 9.06. The Morgan fingerprint density at radius 1 is 0.583 bits per heavy atom. The zero-order chi connectivity index (χ0) is 32.0. The van der Waals surface area contributed by atoms with Crippen molar-refractivity contribution < 1.29 is 0 Å². The molecule has 2 atom stereocenters. The summed E-state index contributed by atoms with van der Waals surface area (Å²) in [5.74, 6) is 0.681. The third kappa shape index (κ3) is 4.87. The molecular formula is C47H41N. The first kappa shape index (κ1) is 29.2. The Hall–Kier alpha value is -5.01. The highest BCUT2D eigenvalue weighted by Gasteiger charge is 2.34. The molecule has 2 unspecified atom stereocenters. The van der Waals surface area contributed by atoms with Gasteiger partial charge in [0.05, 0.1) is 5.69 Å². The third-order valence-electron chi connectivity index (χ3n) is 11.4. The summed E-state index contributed by atoms with van der Waals surface area (Å²) < 4.78 is 0. The maximum atomic E-state index is 5.01. The molecule has 1 heteroatoms. The molecular weight excluding hydrogens is 579 g/mol. The summed E-state index contributed by atoms with van der Waals surface area (Å²) in [6.07, 6.45) is 26.3. The lowest BCUT2D eigenvalue weighted by atomic mass is 9.67. The number of hydrogen-bond donors (Lipinski definition) is 0. The predicted molar refractivity (Wildman–Crippen MR) is 201 cm³/mol. The monoisotopic (exact) mass is 619 g/mol. The Morgan fingerprint density at radius 3 is 1.98 bits per heavy atom. The van der Waals surface area contributed by atoms with Crippen molar-refractivity contribution in [3.8, 4) is 0 Å². The molecule has 1 nitrogen and oxygen atoms in total. The molecule has 5 aliphatic carbocycles. The summed E-state index contributed by atoms with van der Waals surface area (Å²) in [6.45, 7) is 2.31. The van der Waals surface area contributed by atoms with E-state index < -0.39 is 0 Å². The van der Waals surface area contributed by atoms with E-state index >= 15 is 0 Å². The van der Waals surface area contributed by atoms with Gasteiger partial charge in [-0.25, -0.2) is 0 Å². The van der Waals surface area contributed by atoms with Crippen molar-refractivity contribution in [3.63, 3.8) is 0 Å². The SMILES string of the molecule is CCC1=c2ccccc2=C(C2=c3ccccc3=C(C3=CC=C(c4ccc(C5=c6ccccc6=CCC5)nc4)CC3)C3C=CC=CC23)CC1. The predicted octanol–water partition coefficient (Wildman–Crippen LogP) is 6.54. The van der Waals surface area contributed by atoms with Crippen molar-refractivity contribution in [1.29, 1.82) is 0 Å². The van der Waals surface area contributed by atoms with Crippen LogP contribution in [0.2, 0.25) is 0 Å². The van der Waals surface area contributed by atoms with Crippen molar-refractivity contribution in [3.05, 3.63) is 176 Å². The molecule has 0 fully saturated rings. The van der Waals surface area contributed by atoms with Crippen molar-refractivity contribution in [2.45, 2.75) is 51.9 Å². The van der Waals surface area contributed by atoms with Gasteiger partial charge in [-0.05, 0) is 121 Å². The van der Waals surface area contributed by atoms with Crippen LogP contribution in [0, 0.1) is 11.8 Å². The van der Waals surface area contributed by atoms with Gasteiger partial charge in [-0.2, -0.15) is 0 Å². The number of pyridine rings is 1. The molecule has 9 rings (SSSR count). The summed E-state index contributed by atoms with van der Waals surface area (Å²) in [5, 5.41) is 8.42. The Labute approximate surface area is 283 Å². The molecule has 4 aromatic rings. The summed E-state index contributed by atoms with van der Waals surface area (Å²) in [7, 11) is 0. The standard InChI is InChI=1S/C47H41N/c1-2-31-26-28-44(38-16-6-5-14-36(31)38)47-42-19-9-7-17-40(42)46(41-18-8-10-20-43(41)47)34-24-22-32(23-25-34)35-27-29-45(48-30-35)39-21-11-13-33-12-3-4-15-37(33)39/h3-10,12-20,22,24,27,29-30,40,42H,2,11,21,23,25-26,28H2,1H3. The highest BCUT2D eigenvalue weighted by Crippen LogP contribution is 2.44. The molecule has 0 aliphatic heterocycles. The molecule has 5 aliphatic rings. The molecule has 0 radical (unpaired) electrons. The number of benzene rings is 3. The first-order chi connectivity index (χ1) is 23.8. The van der Waals surface area contributed by atoms with E-state index in [0.717, 1.165) is 50.6 Å². The first-order valence-electron chi connectivity index (χ1n) is 17.9. The van der Waals surface area contributed by atoms with Gasteiger partial charge in [0.2, 0.25) is 0 Å². The lowest BCUT2D eigenvalue weighted by molar-refractivity contribution is 0.681. The molecule has 0 N–H and O–H groups in total. The highest BCUT2D eigenvalue weighted by atomic mass is 14.7. The summed E-state index contributed by atoms with van der Waals surface area (Å²) in [5.41, 5.74) is 12.8. The Bertz CT molecular complexity index is 2480. The fourth-order valence-corrected chi connectivity index (χ4v) is 9.06. The van der Waals surface area contributed by atoms with E-state index in [2.05, 4.69) is 141 Å². The van der Waals surface area contributed by atoms with Crippen LogP contribution in [0.25, 0.3) is 39.5 Å². The van der Waals surface area contributed by atoms with Gasteiger partial charge in [0, 0.05) is 18.0 Å². The number of hydrogen-bond acceptors (Lipinski definition) is 1. The maximum Gasteiger partial charge on any atom is 0.0668 e. The Balaban J connectivity index is 1.16. The van der Waals surface area contributed by atoms with E-state index in [-0.39, 0.29) is 0 Å². The largest absolute Gasteiger partial charge is 0.256 e. The normalized spacial score (nSPS) is 21.1. The van der Waals surface area contributed by atoms with Crippen LogP contribution in [0.1, 0.15) is 63.1 Å². The van der Waals surface area contributed by atoms with Gasteiger partial charge in [-0.3, -0.25) is 4.98 Å². The van der Waals surface area contributed by atoms with Crippen LogP contribution in [0.15, 0.2) is 133 Å². The van der Waals surface area contributed by atoms with E-state index in [0.29, 0.717) is 11.8 Å². The molecule has 0 saturated heterocycles. The van der Waals surface area contributed by atoms with Crippen molar-refractivity contribution >= 4 is 39.5 Å². The molecule has 0 bridgehead atoms. The number of rotatable bonds is 5. The van der Waals surface area contributed by atoms with Gasteiger partial charge in [0.15, 0.2) is 0 Å². The second kappa shape index (κ2) is 12.2. The van der Waals surface area contributed by atoms with Crippen molar-refractivity contribution in [2.24, 2.45) is 11.8 Å². The minimum absolute atomic E-state index is 0.339. The average molecular weight is 620 g/mol. The fraction of sp³-hybridized carbons (Fsp3) is 0.213. The number of allylic oxidation sites excluding steroid dienone is 8. The molecule has 0 amide bonds. The van der Waals surface area contributed by atoms with E-state index in [1.165, 1.54) is 64.7 Å². The van der Waals surface area contributed by atoms with Crippen LogP contribution in [0.3, 0.4) is 0 Å². The van der Waals surface area contributed by atoms with Crippen LogP contribution in [-0.2, 0) is 0 Å². The first-order valence-corrected chi connectivity index (χ1v) is 17.9. The zero-order valence-electron chi connectivity index (χ0n) is 27.8. The van der Waals surface area contributed by atoms with Crippen LogP contribution in [0.4, 0.5) is 0 Å². The molecule has 0 spiro atoms. The van der Waals surface area contributed by atoms with Crippen molar-refractivity contribution in [2.75, 3.05) is 0 Å². The zero-order valence-corrected chi connectivity index (χ0v) is 27.8. The Kier molecular flexibility index (Phi) is 7.42. The quantitative estimate of drug-likeness (QED) is 0.247. The van der Waals surface area contributed by atoms with Gasteiger partial charge in [0.1, 0.15) is 0 Å². The second-order valence-electron chi connectivity index (χ2n) is 13.8. The van der Waals surface area contributed by atoms with E-state index in [1.807, 2.05) is 0 Å². The molecule has 48 heavy (non-hydrogen) atoms. The van der Waals surface area contributed by atoms with Crippen LogP contribution >= 0.6 is 0 Å². The maximum absolute atomic E-state index is 5.01. The molecule has 0 saturated carbocycles. The lowest BCUT2D eigenvalue weighted by Crippen LogP contribution is -2.43. The van der Waals surface area contributed by atoms with Gasteiger partial charge in [-0.1, -0.05) is 134 Å². The lowest BCUT2D eigenvalue weighted by Gasteiger charge is -2.36. The minimum atomic E-state index is 0.339. The highest BCUT2D eigenvalue weighted by molar-refractivity contribution is 5.95. The van der Waals surface area contributed by atoms with Gasteiger partial charge in [0.25, 0.3) is 0 Å². The molecule has 234 valence electrons. The van der Waals surface area contributed by atoms with Crippen LogP contribution < -0.4 is 31.3 Å². The number of fused-ring (bicyclic) bond motifs is 4. The number of aromatic nitrogens is 1. The molecule has 1 aromatic heterocycles. The number of nitrogens with zero attached hydrogens (tertiary/aromatic N) is 1.